The van der Waals surface area contributed by atoms with Gasteiger partial charge in [0.05, 0.1) is 5.69 Å². The highest BCUT2D eigenvalue weighted by atomic mass is 19.1. The van der Waals surface area contributed by atoms with Gasteiger partial charge in [0.2, 0.25) is 0 Å². The molecule has 1 aromatic heterocycles. The molecule has 0 aliphatic heterocycles. The molecule has 0 aliphatic rings. The molecule has 3 rings (SSSR count). The summed E-state index contributed by atoms with van der Waals surface area (Å²) in [4.78, 5) is 3.15. The normalized spacial score (nSPS) is 10.8. The van der Waals surface area contributed by atoms with Crippen LogP contribution >= 0.6 is 0 Å². The molecular formula is C15H12FNO2. The zero-order valence-electron chi connectivity index (χ0n) is 10.1. The van der Waals surface area contributed by atoms with E-state index in [9.17, 15) is 9.50 Å². The van der Waals surface area contributed by atoms with Crippen LogP contribution in [0.2, 0.25) is 0 Å². The first kappa shape index (κ1) is 11.6. The summed E-state index contributed by atoms with van der Waals surface area (Å²) >= 11 is 0. The van der Waals surface area contributed by atoms with E-state index in [1.54, 1.807) is 36.4 Å². The SMILES string of the molecule is Oc1ccc2[nH]c(COc3ccccc3F)cc2c1. The molecule has 96 valence electrons. The Bertz CT molecular complexity index is 721. The van der Waals surface area contributed by atoms with Gasteiger partial charge in [-0.05, 0) is 36.4 Å². The van der Waals surface area contributed by atoms with Crippen LogP contribution in [0.1, 0.15) is 5.69 Å². The van der Waals surface area contributed by atoms with Gasteiger partial charge in [0, 0.05) is 10.9 Å². The maximum absolute atomic E-state index is 13.4. The predicted octanol–water partition coefficient (Wildman–Crippen LogP) is 3.59. The molecule has 0 atom stereocenters. The van der Waals surface area contributed by atoms with Gasteiger partial charge in [-0.1, -0.05) is 12.1 Å². The zero-order valence-corrected chi connectivity index (χ0v) is 10.1. The van der Waals surface area contributed by atoms with Gasteiger partial charge in [-0.3, -0.25) is 0 Å². The predicted molar refractivity (Wildman–Crippen MR) is 70.7 cm³/mol. The number of phenols is 1. The summed E-state index contributed by atoms with van der Waals surface area (Å²) in [6.07, 6.45) is 0. The number of aromatic nitrogens is 1. The molecule has 1 heterocycles. The third-order valence-corrected chi connectivity index (χ3v) is 2.88. The fourth-order valence-corrected chi connectivity index (χ4v) is 1.98. The Labute approximate surface area is 109 Å². The van der Waals surface area contributed by atoms with Crippen LogP contribution in [0.15, 0.2) is 48.5 Å². The number of para-hydroxylation sites is 1. The fourth-order valence-electron chi connectivity index (χ4n) is 1.98. The number of hydrogen-bond acceptors (Lipinski definition) is 2. The molecule has 0 radical (unpaired) electrons. The monoisotopic (exact) mass is 257 g/mol. The Morgan fingerprint density at radius 2 is 1.95 bits per heavy atom. The third kappa shape index (κ3) is 2.38. The standard InChI is InChI=1S/C15H12FNO2/c16-13-3-1-2-4-15(13)19-9-11-7-10-8-12(18)5-6-14(10)17-11/h1-8,17-18H,9H2. The minimum atomic E-state index is -0.378. The van der Waals surface area contributed by atoms with Gasteiger partial charge < -0.3 is 14.8 Å². The number of phenolic OH excluding ortho intramolecular Hbond substituents is 1. The Balaban J connectivity index is 1.80. The van der Waals surface area contributed by atoms with Gasteiger partial charge in [-0.15, -0.1) is 0 Å². The van der Waals surface area contributed by atoms with Gasteiger partial charge in [0.25, 0.3) is 0 Å². The molecule has 4 heteroatoms. The molecule has 2 aromatic carbocycles. The molecule has 0 amide bonds. The molecular weight excluding hydrogens is 245 g/mol. The van der Waals surface area contributed by atoms with Crippen molar-refractivity contribution >= 4 is 10.9 Å². The molecule has 0 spiro atoms. The summed E-state index contributed by atoms with van der Waals surface area (Å²) < 4.78 is 18.8. The molecule has 0 fully saturated rings. The maximum atomic E-state index is 13.4. The van der Waals surface area contributed by atoms with Gasteiger partial charge in [-0.2, -0.15) is 0 Å². The number of halogens is 1. The molecule has 3 nitrogen and oxygen atoms in total. The van der Waals surface area contributed by atoms with Gasteiger partial charge in [0.15, 0.2) is 11.6 Å². The van der Waals surface area contributed by atoms with Gasteiger partial charge in [0.1, 0.15) is 12.4 Å². The first-order chi connectivity index (χ1) is 9.22. The van der Waals surface area contributed by atoms with E-state index in [-0.39, 0.29) is 23.9 Å². The van der Waals surface area contributed by atoms with Crippen molar-refractivity contribution in [3.05, 3.63) is 60.0 Å². The van der Waals surface area contributed by atoms with E-state index in [2.05, 4.69) is 4.98 Å². The molecule has 3 aromatic rings. The highest BCUT2D eigenvalue weighted by Gasteiger charge is 2.05. The first-order valence-electron chi connectivity index (χ1n) is 5.90. The first-order valence-corrected chi connectivity index (χ1v) is 5.90. The second-order valence-corrected chi connectivity index (χ2v) is 4.29. The van der Waals surface area contributed by atoms with E-state index < -0.39 is 0 Å². The Morgan fingerprint density at radius 1 is 1.11 bits per heavy atom. The molecule has 2 N–H and O–H groups in total. The minimum absolute atomic E-state index is 0.216. The number of aromatic hydroxyl groups is 1. The zero-order chi connectivity index (χ0) is 13.2. The van der Waals surface area contributed by atoms with Crippen molar-refractivity contribution < 1.29 is 14.2 Å². The average Bonchev–Trinajstić information content (AvgIpc) is 2.79. The van der Waals surface area contributed by atoms with Crippen LogP contribution < -0.4 is 4.74 Å². The fraction of sp³-hybridized carbons (Fsp3) is 0.0667. The third-order valence-electron chi connectivity index (χ3n) is 2.88. The quantitative estimate of drug-likeness (QED) is 0.753. The van der Waals surface area contributed by atoms with Gasteiger partial charge >= 0.3 is 0 Å². The van der Waals surface area contributed by atoms with Crippen LogP contribution in [0.4, 0.5) is 4.39 Å². The average molecular weight is 257 g/mol. The summed E-state index contributed by atoms with van der Waals surface area (Å²) in [5.41, 5.74) is 1.73. The highest BCUT2D eigenvalue weighted by molar-refractivity contribution is 5.81. The van der Waals surface area contributed by atoms with E-state index >= 15 is 0 Å². The lowest BCUT2D eigenvalue weighted by atomic mass is 10.2. The minimum Gasteiger partial charge on any atom is -0.508 e. The van der Waals surface area contributed by atoms with Crippen LogP contribution in [-0.2, 0) is 6.61 Å². The number of benzene rings is 2. The second-order valence-electron chi connectivity index (χ2n) is 4.29. The second kappa shape index (κ2) is 4.65. The topological polar surface area (TPSA) is 45.2 Å². The van der Waals surface area contributed by atoms with Crippen molar-refractivity contribution in [2.24, 2.45) is 0 Å². The largest absolute Gasteiger partial charge is 0.508 e. The number of fused-ring (bicyclic) bond motifs is 1. The molecule has 0 aliphatic carbocycles. The van der Waals surface area contributed by atoms with Crippen LogP contribution in [0.3, 0.4) is 0 Å². The maximum Gasteiger partial charge on any atom is 0.165 e. The van der Waals surface area contributed by atoms with E-state index in [0.29, 0.717) is 0 Å². The number of rotatable bonds is 3. The molecule has 0 saturated carbocycles. The van der Waals surface area contributed by atoms with Gasteiger partial charge in [-0.25, -0.2) is 4.39 Å². The van der Waals surface area contributed by atoms with Crippen molar-refractivity contribution in [3.8, 4) is 11.5 Å². The smallest absolute Gasteiger partial charge is 0.165 e. The number of ether oxygens (including phenoxy) is 1. The van der Waals surface area contributed by atoms with Crippen molar-refractivity contribution in [3.63, 3.8) is 0 Å². The van der Waals surface area contributed by atoms with Crippen molar-refractivity contribution in [1.82, 2.24) is 4.98 Å². The number of nitrogens with one attached hydrogen (secondary N) is 1. The van der Waals surface area contributed by atoms with Crippen LogP contribution in [0, 0.1) is 5.82 Å². The number of H-pyrrole nitrogens is 1. The number of hydrogen-bond donors (Lipinski definition) is 2. The van der Waals surface area contributed by atoms with E-state index in [4.69, 9.17) is 4.74 Å². The lowest BCUT2D eigenvalue weighted by Crippen LogP contribution is -1.97. The summed E-state index contributed by atoms with van der Waals surface area (Å²) in [7, 11) is 0. The number of aromatic amines is 1. The van der Waals surface area contributed by atoms with E-state index in [0.717, 1.165) is 16.6 Å². The summed E-state index contributed by atoms with van der Waals surface area (Å²) in [6, 6.07) is 13.2. The van der Waals surface area contributed by atoms with Crippen LogP contribution in [0.5, 0.6) is 11.5 Å². The van der Waals surface area contributed by atoms with Crippen molar-refractivity contribution in [2.45, 2.75) is 6.61 Å². The molecule has 0 unspecified atom stereocenters. The molecule has 0 saturated heterocycles. The van der Waals surface area contributed by atoms with Crippen LogP contribution in [-0.4, -0.2) is 10.1 Å². The molecule has 0 bridgehead atoms. The summed E-state index contributed by atoms with van der Waals surface area (Å²) in [5.74, 6) is 0.0633. The van der Waals surface area contributed by atoms with E-state index in [1.165, 1.54) is 6.07 Å². The lowest BCUT2D eigenvalue weighted by Gasteiger charge is -2.05. The van der Waals surface area contributed by atoms with Crippen molar-refractivity contribution in [2.75, 3.05) is 0 Å². The summed E-state index contributed by atoms with van der Waals surface area (Å²) in [5, 5.41) is 10.3. The Kier molecular flexibility index (Phi) is 2.83. The Morgan fingerprint density at radius 3 is 2.79 bits per heavy atom. The van der Waals surface area contributed by atoms with Crippen LogP contribution in [0.25, 0.3) is 10.9 Å². The Hall–Kier alpha value is -2.49. The van der Waals surface area contributed by atoms with Crippen molar-refractivity contribution in [1.29, 1.82) is 0 Å². The molecule has 19 heavy (non-hydrogen) atoms. The lowest BCUT2D eigenvalue weighted by molar-refractivity contribution is 0.287. The van der Waals surface area contributed by atoms with E-state index in [1.807, 2.05) is 6.07 Å². The summed E-state index contributed by atoms with van der Waals surface area (Å²) in [6.45, 7) is 0.246. The highest BCUT2D eigenvalue weighted by Crippen LogP contribution is 2.22.